The van der Waals surface area contributed by atoms with Crippen LogP contribution in [-0.2, 0) is 0 Å². The van der Waals surface area contributed by atoms with Crippen molar-refractivity contribution in [3.63, 3.8) is 0 Å². The Morgan fingerprint density at radius 2 is 1.67 bits per heavy atom. The van der Waals surface area contributed by atoms with Crippen LogP contribution in [0.4, 0.5) is 13.2 Å². The van der Waals surface area contributed by atoms with Crippen LogP contribution in [0, 0.1) is 6.92 Å². The van der Waals surface area contributed by atoms with Gasteiger partial charge in [0.05, 0.1) is 5.69 Å². The second-order valence-corrected chi connectivity index (χ2v) is 5.89. The number of aromatic nitrogens is 2. The van der Waals surface area contributed by atoms with E-state index in [1.807, 2.05) is 13.2 Å². The SMILES string of the molecule is CCC.CSc1nc(Cl)nc(-c2ccc(OC(F)(F)F)cc2)c1C. The number of nitrogens with zero attached hydrogens (tertiary/aromatic N) is 2. The lowest BCUT2D eigenvalue weighted by molar-refractivity contribution is -0.274. The molecule has 2 rings (SSSR count). The number of alkyl halides is 3. The van der Waals surface area contributed by atoms with E-state index in [0.717, 1.165) is 10.6 Å². The van der Waals surface area contributed by atoms with E-state index in [0.29, 0.717) is 11.3 Å². The van der Waals surface area contributed by atoms with E-state index in [9.17, 15) is 13.2 Å². The Labute approximate surface area is 148 Å². The third-order valence-electron chi connectivity index (χ3n) is 2.63. The van der Waals surface area contributed by atoms with E-state index in [1.54, 1.807) is 0 Å². The van der Waals surface area contributed by atoms with Crippen molar-refractivity contribution in [2.75, 3.05) is 6.26 Å². The number of thioether (sulfide) groups is 1. The average molecular weight is 379 g/mol. The van der Waals surface area contributed by atoms with Crippen LogP contribution in [-0.4, -0.2) is 22.6 Å². The largest absolute Gasteiger partial charge is 0.573 e. The fourth-order valence-electron chi connectivity index (χ4n) is 1.76. The molecule has 0 N–H and O–H groups in total. The van der Waals surface area contributed by atoms with Gasteiger partial charge in [0.25, 0.3) is 0 Å². The minimum Gasteiger partial charge on any atom is -0.406 e. The van der Waals surface area contributed by atoms with E-state index in [-0.39, 0.29) is 11.0 Å². The van der Waals surface area contributed by atoms with Crippen molar-refractivity contribution in [3.8, 4) is 17.0 Å². The molecular weight excluding hydrogens is 361 g/mol. The molecule has 0 radical (unpaired) electrons. The lowest BCUT2D eigenvalue weighted by Crippen LogP contribution is -2.16. The Kier molecular flexibility index (Phi) is 7.83. The highest BCUT2D eigenvalue weighted by Crippen LogP contribution is 2.30. The summed E-state index contributed by atoms with van der Waals surface area (Å²) in [7, 11) is 0. The van der Waals surface area contributed by atoms with E-state index in [1.165, 1.54) is 42.4 Å². The summed E-state index contributed by atoms with van der Waals surface area (Å²) < 4.78 is 40.2. The summed E-state index contributed by atoms with van der Waals surface area (Å²) in [5, 5.41) is 0.816. The lowest BCUT2D eigenvalue weighted by atomic mass is 10.1. The Balaban J connectivity index is 0.000000891. The van der Waals surface area contributed by atoms with Gasteiger partial charge in [0, 0.05) is 11.1 Å². The van der Waals surface area contributed by atoms with Crippen molar-refractivity contribution in [1.29, 1.82) is 0 Å². The summed E-state index contributed by atoms with van der Waals surface area (Å²) >= 11 is 7.28. The Morgan fingerprint density at radius 1 is 1.12 bits per heavy atom. The Morgan fingerprint density at radius 3 is 2.12 bits per heavy atom. The molecule has 8 heteroatoms. The van der Waals surface area contributed by atoms with Gasteiger partial charge in [-0.15, -0.1) is 24.9 Å². The van der Waals surface area contributed by atoms with Gasteiger partial charge in [0.2, 0.25) is 5.28 Å². The molecular formula is C16H18ClF3N2OS. The van der Waals surface area contributed by atoms with Gasteiger partial charge in [-0.25, -0.2) is 9.97 Å². The molecule has 0 unspecified atom stereocenters. The first-order chi connectivity index (χ1) is 11.2. The predicted molar refractivity (Wildman–Crippen MR) is 91.6 cm³/mol. The smallest absolute Gasteiger partial charge is 0.406 e. The zero-order valence-electron chi connectivity index (χ0n) is 13.7. The van der Waals surface area contributed by atoms with Gasteiger partial charge in [-0.3, -0.25) is 0 Å². The normalized spacial score (nSPS) is 10.8. The zero-order chi connectivity index (χ0) is 18.3. The fraction of sp³-hybridized carbons (Fsp3) is 0.375. The molecule has 0 fully saturated rings. The molecule has 1 aromatic heterocycles. The third-order valence-corrected chi connectivity index (χ3v) is 3.58. The number of halogens is 4. The van der Waals surface area contributed by atoms with E-state index < -0.39 is 6.36 Å². The minimum absolute atomic E-state index is 0.0931. The Hall–Kier alpha value is -1.47. The van der Waals surface area contributed by atoms with Crippen LogP contribution in [0.25, 0.3) is 11.3 Å². The molecule has 1 heterocycles. The summed E-state index contributed by atoms with van der Waals surface area (Å²) in [6.07, 6.45) is -1.60. The highest BCUT2D eigenvalue weighted by atomic mass is 35.5. The molecule has 132 valence electrons. The minimum atomic E-state index is -4.71. The molecule has 0 saturated heterocycles. The van der Waals surface area contributed by atoms with Crippen LogP contribution < -0.4 is 4.74 Å². The second-order valence-electron chi connectivity index (χ2n) is 4.75. The first-order valence-corrected chi connectivity index (χ1v) is 8.76. The molecule has 3 nitrogen and oxygen atoms in total. The molecule has 24 heavy (non-hydrogen) atoms. The van der Waals surface area contributed by atoms with Crippen LogP contribution in [0.3, 0.4) is 0 Å². The van der Waals surface area contributed by atoms with Gasteiger partial charge in [0.1, 0.15) is 10.8 Å². The third kappa shape index (κ3) is 6.20. The van der Waals surface area contributed by atoms with Crippen LogP contribution in [0.15, 0.2) is 29.3 Å². The average Bonchev–Trinajstić information content (AvgIpc) is 2.49. The highest BCUT2D eigenvalue weighted by Gasteiger charge is 2.31. The lowest BCUT2D eigenvalue weighted by Gasteiger charge is -2.11. The number of hydrogen-bond acceptors (Lipinski definition) is 4. The molecule has 0 aliphatic rings. The molecule has 0 atom stereocenters. The summed E-state index contributed by atoms with van der Waals surface area (Å²) in [6, 6.07) is 5.46. The Bertz CT molecular complexity index is 664. The number of hydrogen-bond donors (Lipinski definition) is 0. The maximum absolute atomic E-state index is 12.1. The second kappa shape index (κ2) is 9.13. The first kappa shape index (κ1) is 20.6. The number of ether oxygens (including phenoxy) is 1. The molecule has 1 aromatic carbocycles. The van der Waals surface area contributed by atoms with Crippen LogP contribution in [0.5, 0.6) is 5.75 Å². The van der Waals surface area contributed by atoms with Gasteiger partial charge in [-0.05, 0) is 49.0 Å². The predicted octanol–water partition coefficient (Wildman–Crippen LogP) is 6.14. The van der Waals surface area contributed by atoms with Crippen LogP contribution in [0.1, 0.15) is 25.8 Å². The van der Waals surface area contributed by atoms with E-state index in [2.05, 4.69) is 28.6 Å². The van der Waals surface area contributed by atoms with Gasteiger partial charge in [-0.2, -0.15) is 0 Å². The molecule has 0 bridgehead atoms. The van der Waals surface area contributed by atoms with Gasteiger partial charge >= 0.3 is 6.36 Å². The summed E-state index contributed by atoms with van der Waals surface area (Å²) in [5.41, 5.74) is 2.04. The quantitative estimate of drug-likeness (QED) is 0.365. The molecule has 2 aromatic rings. The standard InChI is InChI=1S/C13H10ClF3N2OS.C3H8/c1-7-10(18-12(14)19-11(7)21-2)8-3-5-9(6-4-8)20-13(15,16)17;1-3-2/h3-6H,1-2H3;3H2,1-2H3. The fourth-order valence-corrected chi connectivity index (χ4v) is 2.56. The molecule has 0 aliphatic heterocycles. The zero-order valence-corrected chi connectivity index (χ0v) is 15.3. The van der Waals surface area contributed by atoms with Gasteiger partial charge in [0.15, 0.2) is 0 Å². The summed E-state index contributed by atoms with van der Waals surface area (Å²) in [5.74, 6) is -0.283. The molecule has 0 saturated carbocycles. The van der Waals surface area contributed by atoms with Crippen molar-refractivity contribution in [2.45, 2.75) is 38.6 Å². The first-order valence-electron chi connectivity index (χ1n) is 7.16. The molecule has 0 aliphatic carbocycles. The van der Waals surface area contributed by atoms with Crippen molar-refractivity contribution < 1.29 is 17.9 Å². The summed E-state index contributed by atoms with van der Waals surface area (Å²) in [4.78, 5) is 8.22. The maximum atomic E-state index is 12.1. The highest BCUT2D eigenvalue weighted by molar-refractivity contribution is 7.98. The van der Waals surface area contributed by atoms with Crippen LogP contribution >= 0.6 is 23.4 Å². The van der Waals surface area contributed by atoms with Crippen molar-refractivity contribution in [2.24, 2.45) is 0 Å². The van der Waals surface area contributed by atoms with Gasteiger partial charge < -0.3 is 4.74 Å². The maximum Gasteiger partial charge on any atom is 0.573 e. The molecule has 0 spiro atoms. The van der Waals surface area contributed by atoms with Crippen LogP contribution in [0.2, 0.25) is 5.28 Å². The molecule has 0 amide bonds. The van der Waals surface area contributed by atoms with E-state index >= 15 is 0 Å². The topological polar surface area (TPSA) is 35.0 Å². The monoisotopic (exact) mass is 378 g/mol. The van der Waals surface area contributed by atoms with Crippen molar-refractivity contribution >= 4 is 23.4 Å². The number of rotatable bonds is 3. The van der Waals surface area contributed by atoms with Crippen molar-refractivity contribution in [1.82, 2.24) is 9.97 Å². The summed E-state index contributed by atoms with van der Waals surface area (Å²) in [6.45, 7) is 6.08. The number of benzene rings is 1. The van der Waals surface area contributed by atoms with Crippen molar-refractivity contribution in [3.05, 3.63) is 35.1 Å². The van der Waals surface area contributed by atoms with Gasteiger partial charge in [-0.1, -0.05) is 20.3 Å². The van der Waals surface area contributed by atoms with E-state index in [4.69, 9.17) is 11.6 Å².